The Balaban J connectivity index is 2.73. The molecule has 4 heteroatoms. The van der Waals surface area contributed by atoms with Crippen molar-refractivity contribution < 1.29 is 13.9 Å². The molecule has 0 spiro atoms. The molecule has 0 aliphatic heterocycles. The van der Waals surface area contributed by atoms with E-state index in [9.17, 15) is 9.18 Å². The van der Waals surface area contributed by atoms with Crippen molar-refractivity contribution in [2.45, 2.75) is 38.8 Å². The molecule has 3 nitrogen and oxygen atoms in total. The molecule has 108 valence electrons. The van der Waals surface area contributed by atoms with E-state index in [1.807, 2.05) is 0 Å². The van der Waals surface area contributed by atoms with E-state index in [2.05, 4.69) is 5.92 Å². The SMILES string of the molecule is C#CC(Cc1ccc(F)cc1)N(C)C(=O)OC(C)(C)C. The number of rotatable bonds is 3. The summed E-state index contributed by atoms with van der Waals surface area (Å²) >= 11 is 0. The standard InChI is InChI=1S/C16H20FNO2/c1-6-14(11-12-7-9-13(17)10-8-12)18(5)15(19)20-16(2,3)4/h1,7-10,14H,11H2,2-5H3. The fraction of sp³-hybridized carbons (Fsp3) is 0.438. The van der Waals surface area contributed by atoms with Crippen LogP contribution < -0.4 is 0 Å². The first-order chi connectivity index (χ1) is 9.23. The fourth-order valence-electron chi connectivity index (χ4n) is 1.61. The van der Waals surface area contributed by atoms with Crippen LogP contribution in [0, 0.1) is 18.2 Å². The Morgan fingerprint density at radius 2 is 1.95 bits per heavy atom. The largest absolute Gasteiger partial charge is 0.444 e. The summed E-state index contributed by atoms with van der Waals surface area (Å²) in [5.41, 5.74) is 0.296. The maximum absolute atomic E-state index is 12.9. The average molecular weight is 277 g/mol. The molecule has 0 aliphatic carbocycles. The van der Waals surface area contributed by atoms with Gasteiger partial charge < -0.3 is 4.74 Å². The highest BCUT2D eigenvalue weighted by Gasteiger charge is 2.24. The molecule has 0 heterocycles. The van der Waals surface area contributed by atoms with Gasteiger partial charge in [-0.1, -0.05) is 18.1 Å². The first-order valence-electron chi connectivity index (χ1n) is 6.39. The Morgan fingerprint density at radius 3 is 2.40 bits per heavy atom. The fourth-order valence-corrected chi connectivity index (χ4v) is 1.61. The van der Waals surface area contributed by atoms with Gasteiger partial charge in [-0.2, -0.15) is 0 Å². The van der Waals surface area contributed by atoms with Gasteiger partial charge in [0.15, 0.2) is 0 Å². The van der Waals surface area contributed by atoms with Gasteiger partial charge in [-0.15, -0.1) is 6.42 Å². The average Bonchev–Trinajstić information content (AvgIpc) is 2.35. The number of amides is 1. The maximum atomic E-state index is 12.9. The summed E-state index contributed by atoms with van der Waals surface area (Å²) in [7, 11) is 1.60. The van der Waals surface area contributed by atoms with Crippen molar-refractivity contribution in [1.29, 1.82) is 0 Å². The number of hydrogen-bond acceptors (Lipinski definition) is 2. The third kappa shape index (κ3) is 4.93. The minimum atomic E-state index is -0.569. The smallest absolute Gasteiger partial charge is 0.411 e. The van der Waals surface area contributed by atoms with Crippen LogP contribution in [0.15, 0.2) is 24.3 Å². The third-order valence-electron chi connectivity index (χ3n) is 2.68. The number of terminal acetylenes is 1. The molecule has 1 rings (SSSR count). The minimum absolute atomic E-state index is 0.300. The second kappa shape index (κ2) is 6.42. The van der Waals surface area contributed by atoms with Crippen molar-refractivity contribution in [2.75, 3.05) is 7.05 Å². The molecule has 0 radical (unpaired) electrons. The van der Waals surface area contributed by atoms with E-state index in [-0.39, 0.29) is 5.82 Å². The van der Waals surface area contributed by atoms with Gasteiger partial charge in [0, 0.05) is 13.5 Å². The number of carbonyl (C=O) groups is 1. The van der Waals surface area contributed by atoms with Crippen molar-refractivity contribution in [3.05, 3.63) is 35.6 Å². The lowest BCUT2D eigenvalue weighted by molar-refractivity contribution is 0.0261. The molecule has 0 bridgehead atoms. The lowest BCUT2D eigenvalue weighted by atomic mass is 10.1. The molecule has 0 saturated heterocycles. The Morgan fingerprint density at radius 1 is 1.40 bits per heavy atom. The predicted octanol–water partition coefficient (Wildman–Crippen LogP) is 3.24. The molecule has 20 heavy (non-hydrogen) atoms. The Bertz CT molecular complexity index is 497. The Kier molecular flexibility index (Phi) is 5.15. The molecule has 0 aliphatic rings. The van der Waals surface area contributed by atoms with Gasteiger partial charge in [0.2, 0.25) is 0 Å². The van der Waals surface area contributed by atoms with Crippen molar-refractivity contribution in [3.63, 3.8) is 0 Å². The van der Waals surface area contributed by atoms with Crippen LogP contribution in [0.4, 0.5) is 9.18 Å². The van der Waals surface area contributed by atoms with Crippen molar-refractivity contribution >= 4 is 6.09 Å². The monoisotopic (exact) mass is 277 g/mol. The number of ether oxygens (including phenoxy) is 1. The van der Waals surface area contributed by atoms with E-state index in [1.54, 1.807) is 40.0 Å². The van der Waals surface area contributed by atoms with Crippen LogP contribution in [-0.2, 0) is 11.2 Å². The van der Waals surface area contributed by atoms with Gasteiger partial charge in [0.05, 0.1) is 6.04 Å². The normalized spacial score (nSPS) is 12.4. The van der Waals surface area contributed by atoms with Crippen LogP contribution in [0.2, 0.25) is 0 Å². The van der Waals surface area contributed by atoms with Crippen LogP contribution in [-0.4, -0.2) is 29.7 Å². The highest BCUT2D eigenvalue weighted by atomic mass is 19.1. The molecule has 1 amide bonds. The van der Waals surface area contributed by atoms with Gasteiger partial charge in [-0.25, -0.2) is 9.18 Å². The van der Waals surface area contributed by atoms with Gasteiger partial charge >= 0.3 is 6.09 Å². The summed E-state index contributed by atoms with van der Waals surface area (Å²) in [6.45, 7) is 5.39. The van der Waals surface area contributed by atoms with Gasteiger partial charge in [0.1, 0.15) is 11.4 Å². The lowest BCUT2D eigenvalue weighted by Gasteiger charge is -2.28. The minimum Gasteiger partial charge on any atom is -0.444 e. The Labute approximate surface area is 119 Å². The molecule has 1 aromatic carbocycles. The molecule has 0 saturated carbocycles. The van der Waals surface area contributed by atoms with Gasteiger partial charge in [-0.05, 0) is 38.5 Å². The van der Waals surface area contributed by atoms with E-state index < -0.39 is 17.7 Å². The molecule has 1 unspecified atom stereocenters. The van der Waals surface area contributed by atoms with Crippen LogP contribution in [0.5, 0.6) is 0 Å². The highest BCUT2D eigenvalue weighted by molar-refractivity contribution is 5.68. The summed E-state index contributed by atoms with van der Waals surface area (Å²) in [5, 5.41) is 0. The number of likely N-dealkylation sites (N-methyl/N-ethyl adjacent to an activating group) is 1. The number of carbonyl (C=O) groups excluding carboxylic acids is 1. The zero-order chi connectivity index (χ0) is 15.3. The Hall–Kier alpha value is -2.02. The zero-order valence-corrected chi connectivity index (χ0v) is 12.3. The molecular weight excluding hydrogens is 257 g/mol. The molecule has 0 N–H and O–H groups in total. The van der Waals surface area contributed by atoms with E-state index >= 15 is 0 Å². The van der Waals surface area contributed by atoms with Crippen LogP contribution in [0.3, 0.4) is 0 Å². The maximum Gasteiger partial charge on any atom is 0.411 e. The number of hydrogen-bond donors (Lipinski definition) is 0. The van der Waals surface area contributed by atoms with Crippen molar-refractivity contribution in [3.8, 4) is 12.3 Å². The van der Waals surface area contributed by atoms with Crippen molar-refractivity contribution in [2.24, 2.45) is 0 Å². The summed E-state index contributed by atoms with van der Waals surface area (Å²) in [6.07, 6.45) is 5.46. The molecule has 1 atom stereocenters. The van der Waals surface area contributed by atoms with Crippen LogP contribution in [0.25, 0.3) is 0 Å². The van der Waals surface area contributed by atoms with Gasteiger partial charge in [0.25, 0.3) is 0 Å². The molecular formula is C16H20FNO2. The van der Waals surface area contributed by atoms with Gasteiger partial charge in [-0.3, -0.25) is 4.90 Å². The summed E-state index contributed by atoms with van der Waals surface area (Å²) in [4.78, 5) is 13.3. The molecule has 1 aromatic rings. The van der Waals surface area contributed by atoms with E-state index in [0.717, 1.165) is 5.56 Å². The van der Waals surface area contributed by atoms with E-state index in [1.165, 1.54) is 17.0 Å². The van der Waals surface area contributed by atoms with Crippen molar-refractivity contribution in [1.82, 2.24) is 4.90 Å². The van der Waals surface area contributed by atoms with E-state index in [0.29, 0.717) is 6.42 Å². The zero-order valence-electron chi connectivity index (χ0n) is 12.3. The quantitative estimate of drug-likeness (QED) is 0.794. The first-order valence-corrected chi connectivity index (χ1v) is 6.39. The lowest BCUT2D eigenvalue weighted by Crippen LogP contribution is -2.41. The summed E-state index contributed by atoms with van der Waals surface area (Å²) < 4.78 is 18.1. The highest BCUT2D eigenvalue weighted by Crippen LogP contribution is 2.13. The van der Waals surface area contributed by atoms with E-state index in [4.69, 9.17) is 11.2 Å². The number of halogens is 1. The second-order valence-corrected chi connectivity index (χ2v) is 5.60. The topological polar surface area (TPSA) is 29.5 Å². The number of benzene rings is 1. The first kappa shape index (κ1) is 16.0. The summed E-state index contributed by atoms with van der Waals surface area (Å²) in [5.74, 6) is 2.26. The number of nitrogens with zero attached hydrogens (tertiary/aromatic N) is 1. The predicted molar refractivity (Wildman–Crippen MR) is 76.7 cm³/mol. The van der Waals surface area contributed by atoms with Crippen LogP contribution >= 0.6 is 0 Å². The van der Waals surface area contributed by atoms with Crippen LogP contribution in [0.1, 0.15) is 26.3 Å². The summed E-state index contributed by atoms with van der Waals surface area (Å²) in [6, 6.07) is 5.62. The third-order valence-corrected chi connectivity index (χ3v) is 2.68. The second-order valence-electron chi connectivity index (χ2n) is 5.60. The molecule has 0 fully saturated rings. The molecule has 0 aromatic heterocycles.